The number of Topliss-reactive ketones (excluding diaryl/α,β-unsaturated/α-hetero) is 1. The Morgan fingerprint density at radius 1 is 1.11 bits per heavy atom. The molecule has 1 unspecified atom stereocenters. The molecule has 4 heteroatoms. The van der Waals surface area contributed by atoms with E-state index in [0.29, 0.717) is 42.4 Å². The smallest absolute Gasteiger partial charge is 0.222 e. The van der Waals surface area contributed by atoms with E-state index >= 15 is 0 Å². The Labute approximate surface area is 216 Å². The maximum absolute atomic E-state index is 13.3. The van der Waals surface area contributed by atoms with Crippen molar-refractivity contribution in [2.45, 2.75) is 77.2 Å². The van der Waals surface area contributed by atoms with Gasteiger partial charge in [0.25, 0.3) is 0 Å². The first kappa shape index (κ1) is 25.0. The van der Waals surface area contributed by atoms with Crippen LogP contribution >= 0.6 is 0 Å². The molecule has 192 valence electrons. The van der Waals surface area contributed by atoms with Gasteiger partial charge in [-0.25, -0.2) is 0 Å². The van der Waals surface area contributed by atoms with Gasteiger partial charge >= 0.3 is 0 Å². The summed E-state index contributed by atoms with van der Waals surface area (Å²) in [5.41, 5.74) is 3.95. The first-order valence-electron chi connectivity index (χ1n) is 13.9. The molecule has 0 aliphatic heterocycles. The number of hydrogen-bond acceptors (Lipinski definition) is 3. The fraction of sp³-hybridized carbons (Fsp3) is 0.562. The summed E-state index contributed by atoms with van der Waals surface area (Å²) < 4.78 is 5.48. The molecule has 4 nitrogen and oxygen atoms in total. The zero-order valence-electron chi connectivity index (χ0n) is 22.2. The molecule has 0 spiro atoms. The van der Waals surface area contributed by atoms with Crippen molar-refractivity contribution in [3.8, 4) is 5.75 Å². The zero-order valence-corrected chi connectivity index (χ0v) is 22.2. The van der Waals surface area contributed by atoms with E-state index in [-0.39, 0.29) is 11.3 Å². The number of benzene rings is 2. The minimum Gasteiger partial charge on any atom is -0.497 e. The second kappa shape index (κ2) is 10.4. The highest BCUT2D eigenvalue weighted by Crippen LogP contribution is 2.62. The van der Waals surface area contributed by atoms with Crippen molar-refractivity contribution < 1.29 is 14.3 Å². The van der Waals surface area contributed by atoms with Gasteiger partial charge in [0, 0.05) is 31.8 Å². The fourth-order valence-electron chi connectivity index (χ4n) is 7.83. The largest absolute Gasteiger partial charge is 0.497 e. The number of nitrogens with zero attached hydrogens (tertiary/aromatic N) is 1. The van der Waals surface area contributed by atoms with E-state index in [9.17, 15) is 9.59 Å². The van der Waals surface area contributed by atoms with Gasteiger partial charge in [0.05, 0.1) is 7.11 Å². The van der Waals surface area contributed by atoms with Crippen molar-refractivity contribution in [3.63, 3.8) is 0 Å². The van der Waals surface area contributed by atoms with Gasteiger partial charge in [-0.05, 0) is 91.0 Å². The molecular formula is C32H41NO3. The number of carbonyl (C=O) groups is 2. The molecule has 36 heavy (non-hydrogen) atoms. The van der Waals surface area contributed by atoms with Gasteiger partial charge in [0.1, 0.15) is 11.5 Å². The molecule has 0 radical (unpaired) electrons. The third-order valence-corrected chi connectivity index (χ3v) is 9.68. The van der Waals surface area contributed by atoms with Crippen LogP contribution in [0, 0.1) is 23.2 Å². The quantitative estimate of drug-likeness (QED) is 0.396. The number of hydrogen-bond donors (Lipinski definition) is 0. The molecule has 1 amide bonds. The summed E-state index contributed by atoms with van der Waals surface area (Å²) in [5.74, 6) is 3.77. The highest BCUT2D eigenvalue weighted by Gasteiger charge is 2.58. The van der Waals surface area contributed by atoms with Gasteiger partial charge in [-0.15, -0.1) is 0 Å². The number of carbonyl (C=O) groups excluding carboxylic acids is 2. The molecule has 2 saturated carbocycles. The molecule has 0 aromatic heterocycles. The van der Waals surface area contributed by atoms with Crippen molar-refractivity contribution in [2.75, 3.05) is 14.2 Å². The average Bonchev–Trinajstić information content (AvgIpc) is 3.16. The lowest BCUT2D eigenvalue weighted by molar-refractivity contribution is -0.130. The number of unbranched alkanes of at least 4 members (excludes halogenated alkanes) is 1. The van der Waals surface area contributed by atoms with Crippen LogP contribution in [0.3, 0.4) is 0 Å². The Balaban J connectivity index is 1.20. The maximum atomic E-state index is 13.3. The Kier molecular flexibility index (Phi) is 7.23. The summed E-state index contributed by atoms with van der Waals surface area (Å²) in [6, 6.07) is 16.8. The van der Waals surface area contributed by atoms with E-state index in [2.05, 4.69) is 37.3 Å². The number of ether oxygens (including phenoxy) is 1. The second-order valence-corrected chi connectivity index (χ2v) is 11.7. The van der Waals surface area contributed by atoms with Gasteiger partial charge in [-0.1, -0.05) is 49.7 Å². The summed E-state index contributed by atoms with van der Waals surface area (Å²) >= 11 is 0. The topological polar surface area (TPSA) is 46.6 Å². The zero-order chi connectivity index (χ0) is 25.3. The molecule has 2 aromatic rings. The molecular weight excluding hydrogens is 446 g/mol. The van der Waals surface area contributed by atoms with E-state index in [1.165, 1.54) is 17.5 Å². The van der Waals surface area contributed by atoms with Crippen molar-refractivity contribution in [1.29, 1.82) is 0 Å². The summed E-state index contributed by atoms with van der Waals surface area (Å²) in [6.45, 7) is 2.93. The summed E-state index contributed by atoms with van der Waals surface area (Å²) in [7, 11) is 3.64. The van der Waals surface area contributed by atoms with Crippen LogP contribution < -0.4 is 4.74 Å². The van der Waals surface area contributed by atoms with Crippen LogP contribution in [0.15, 0.2) is 48.5 Å². The fourth-order valence-corrected chi connectivity index (χ4v) is 7.83. The van der Waals surface area contributed by atoms with Crippen LogP contribution in [-0.2, 0) is 22.6 Å². The second-order valence-electron chi connectivity index (χ2n) is 11.7. The molecule has 0 heterocycles. The summed E-state index contributed by atoms with van der Waals surface area (Å²) in [5, 5.41) is 0. The van der Waals surface area contributed by atoms with Gasteiger partial charge in [0.2, 0.25) is 5.91 Å². The van der Waals surface area contributed by atoms with Crippen molar-refractivity contribution in [2.24, 2.45) is 23.2 Å². The summed E-state index contributed by atoms with van der Waals surface area (Å²) in [4.78, 5) is 27.8. The first-order chi connectivity index (χ1) is 17.4. The SMILES string of the molecule is COc1ccc2c(c1)CC[C@H]1[C@@H]3[C@H](CCCCC(=O)N(C)Cc4ccccc4)CC(=O)C3(C)CC[C@H]21. The van der Waals surface area contributed by atoms with E-state index in [0.717, 1.165) is 56.3 Å². The monoisotopic (exact) mass is 487 g/mol. The highest BCUT2D eigenvalue weighted by atomic mass is 16.5. The van der Waals surface area contributed by atoms with E-state index in [4.69, 9.17) is 4.74 Å². The normalized spacial score (nSPS) is 28.7. The average molecular weight is 488 g/mol. The molecule has 5 rings (SSSR count). The van der Waals surface area contributed by atoms with Crippen molar-refractivity contribution in [1.82, 2.24) is 4.90 Å². The minimum atomic E-state index is -0.151. The molecule has 3 aliphatic carbocycles. The maximum Gasteiger partial charge on any atom is 0.222 e. The molecule has 0 saturated heterocycles. The Morgan fingerprint density at radius 3 is 2.69 bits per heavy atom. The number of aryl methyl sites for hydroxylation is 1. The molecule has 0 N–H and O–H groups in total. The number of methoxy groups -OCH3 is 1. The van der Waals surface area contributed by atoms with Crippen LogP contribution in [0.25, 0.3) is 0 Å². The predicted octanol–water partition coefficient (Wildman–Crippen LogP) is 6.57. The van der Waals surface area contributed by atoms with Gasteiger partial charge in [-0.2, -0.15) is 0 Å². The molecule has 2 aromatic carbocycles. The molecule has 2 fully saturated rings. The third kappa shape index (κ3) is 4.71. The number of fused-ring (bicyclic) bond motifs is 5. The lowest BCUT2D eigenvalue weighted by atomic mass is 9.54. The predicted molar refractivity (Wildman–Crippen MR) is 143 cm³/mol. The highest BCUT2D eigenvalue weighted by molar-refractivity contribution is 5.87. The minimum absolute atomic E-state index is 0.151. The number of amides is 1. The molecule has 5 atom stereocenters. The molecule has 0 bridgehead atoms. The summed E-state index contributed by atoms with van der Waals surface area (Å²) in [6.07, 6.45) is 8.74. The Morgan fingerprint density at radius 2 is 1.92 bits per heavy atom. The number of ketones is 1. The standard InChI is InChI=1S/C32H41NO3/c1-32-18-17-27-26-16-14-25(36-3)19-23(26)13-15-28(27)31(32)24(20-29(32)34)11-7-8-12-30(35)33(2)21-22-9-5-4-6-10-22/h4-6,9-10,14,16,19,24,27-28,31H,7-8,11-13,15,17-18,20-21H2,1-3H3/t24-,27-,28-,31+,32?/m1/s1. The Hall–Kier alpha value is -2.62. The van der Waals surface area contributed by atoms with Crippen LogP contribution in [0.1, 0.15) is 80.9 Å². The Bertz CT molecular complexity index is 1100. The van der Waals surface area contributed by atoms with Crippen LogP contribution in [-0.4, -0.2) is 30.7 Å². The number of rotatable bonds is 8. The van der Waals surface area contributed by atoms with E-state index in [1.54, 1.807) is 7.11 Å². The molecule has 3 aliphatic rings. The van der Waals surface area contributed by atoms with Crippen LogP contribution in [0.4, 0.5) is 0 Å². The lowest BCUT2D eigenvalue weighted by Gasteiger charge is -2.50. The third-order valence-electron chi connectivity index (χ3n) is 9.68. The van der Waals surface area contributed by atoms with Gasteiger partial charge in [0.15, 0.2) is 0 Å². The van der Waals surface area contributed by atoms with Gasteiger partial charge in [-0.3, -0.25) is 9.59 Å². The van der Waals surface area contributed by atoms with Crippen molar-refractivity contribution >= 4 is 11.7 Å². The first-order valence-corrected chi connectivity index (χ1v) is 13.9. The van der Waals surface area contributed by atoms with E-state index < -0.39 is 0 Å². The lowest BCUT2D eigenvalue weighted by Crippen LogP contribution is -2.44. The van der Waals surface area contributed by atoms with Crippen molar-refractivity contribution in [3.05, 3.63) is 65.2 Å². The van der Waals surface area contributed by atoms with Crippen LogP contribution in [0.2, 0.25) is 0 Å². The van der Waals surface area contributed by atoms with E-state index in [1.807, 2.05) is 30.1 Å². The van der Waals surface area contributed by atoms with Crippen LogP contribution in [0.5, 0.6) is 5.75 Å². The van der Waals surface area contributed by atoms with Gasteiger partial charge < -0.3 is 9.64 Å².